The predicted molar refractivity (Wildman–Crippen MR) is 92.2 cm³/mol. The number of carbonyl (C=O) groups excluding carboxylic acids is 1. The van der Waals surface area contributed by atoms with Gasteiger partial charge in [0.25, 0.3) is 5.91 Å². The fourth-order valence-corrected chi connectivity index (χ4v) is 2.66. The van der Waals surface area contributed by atoms with Crippen molar-refractivity contribution in [3.63, 3.8) is 0 Å². The summed E-state index contributed by atoms with van der Waals surface area (Å²) in [5.74, 6) is -0.0409. The summed E-state index contributed by atoms with van der Waals surface area (Å²) in [5.41, 5.74) is 2.51. The van der Waals surface area contributed by atoms with Crippen molar-refractivity contribution < 1.29 is 9.90 Å². The number of pyridine rings is 1. The number of aromatic hydroxyl groups is 1. The van der Waals surface area contributed by atoms with Gasteiger partial charge in [-0.3, -0.25) is 14.9 Å². The van der Waals surface area contributed by atoms with Crippen molar-refractivity contribution in [2.45, 2.75) is 0 Å². The topological polar surface area (TPSA) is 109 Å². The predicted octanol–water partition coefficient (Wildman–Crippen LogP) is 2.32. The number of hydrogen-bond acceptors (Lipinski definition) is 5. The number of hydrogen-bond donors (Lipinski definition) is 3. The van der Waals surface area contributed by atoms with Crippen molar-refractivity contribution in [3.05, 3.63) is 54.4 Å². The first-order valence-corrected chi connectivity index (χ1v) is 7.55. The van der Waals surface area contributed by atoms with E-state index in [2.05, 4.69) is 25.6 Å². The minimum Gasteiger partial charge on any atom is -0.506 e. The van der Waals surface area contributed by atoms with E-state index in [1.54, 1.807) is 11.7 Å². The summed E-state index contributed by atoms with van der Waals surface area (Å²) in [4.78, 5) is 16.2. The number of rotatable bonds is 3. The van der Waals surface area contributed by atoms with Crippen molar-refractivity contribution in [2.75, 3.05) is 5.32 Å². The highest BCUT2D eigenvalue weighted by Gasteiger charge is 2.19. The number of H-pyrrole nitrogens is 1. The second-order valence-electron chi connectivity index (χ2n) is 5.52. The molecule has 3 heterocycles. The minimum absolute atomic E-state index is 0.0752. The number of fused-ring (bicyclic) bond motifs is 1. The first-order valence-electron chi connectivity index (χ1n) is 7.55. The van der Waals surface area contributed by atoms with E-state index in [1.165, 1.54) is 18.5 Å². The van der Waals surface area contributed by atoms with Gasteiger partial charge in [-0.25, -0.2) is 4.68 Å². The van der Waals surface area contributed by atoms with Crippen LogP contribution in [-0.4, -0.2) is 36.0 Å². The number of aryl methyl sites for hydroxylation is 1. The number of benzene rings is 1. The normalized spacial score (nSPS) is 10.9. The Balaban J connectivity index is 1.77. The molecule has 0 radical (unpaired) electrons. The Morgan fingerprint density at radius 3 is 2.80 bits per heavy atom. The molecule has 4 rings (SSSR count). The SMILES string of the molecule is Cn1nc(-c2ccccc2)c2c(NC(=O)c3cncc(O)c3)[nH]nc21. The van der Waals surface area contributed by atoms with E-state index in [9.17, 15) is 9.90 Å². The van der Waals surface area contributed by atoms with Gasteiger partial charge in [-0.15, -0.1) is 0 Å². The summed E-state index contributed by atoms with van der Waals surface area (Å²) < 4.78 is 1.65. The molecule has 0 aliphatic rings. The average Bonchev–Trinajstić information content (AvgIpc) is 3.17. The standard InChI is InChI=1S/C17H14N6O2/c1-23-16-13(14(22-23)10-5-3-2-4-6-10)15(20-21-16)19-17(25)11-7-12(24)9-18-8-11/h2-9,24H,1H3,(H2,19,20,21,25). The van der Waals surface area contributed by atoms with Gasteiger partial charge in [0.15, 0.2) is 5.65 Å². The van der Waals surface area contributed by atoms with Crippen LogP contribution in [0.5, 0.6) is 5.75 Å². The zero-order valence-corrected chi connectivity index (χ0v) is 13.3. The van der Waals surface area contributed by atoms with Crippen LogP contribution in [0.2, 0.25) is 0 Å². The zero-order chi connectivity index (χ0) is 17.4. The van der Waals surface area contributed by atoms with Gasteiger partial charge < -0.3 is 10.4 Å². The van der Waals surface area contributed by atoms with Crippen LogP contribution in [0.1, 0.15) is 10.4 Å². The highest BCUT2D eigenvalue weighted by atomic mass is 16.3. The van der Waals surface area contributed by atoms with Crippen LogP contribution in [0.4, 0.5) is 5.82 Å². The highest BCUT2D eigenvalue weighted by molar-refractivity contribution is 6.10. The van der Waals surface area contributed by atoms with E-state index in [-0.39, 0.29) is 11.3 Å². The van der Waals surface area contributed by atoms with Crippen LogP contribution in [-0.2, 0) is 7.05 Å². The maximum Gasteiger partial charge on any atom is 0.258 e. The molecule has 4 aromatic rings. The first-order chi connectivity index (χ1) is 12.1. The lowest BCUT2D eigenvalue weighted by molar-refractivity contribution is 0.102. The van der Waals surface area contributed by atoms with Gasteiger partial charge in [0, 0.05) is 18.8 Å². The van der Waals surface area contributed by atoms with E-state index >= 15 is 0 Å². The monoisotopic (exact) mass is 334 g/mol. The van der Waals surface area contributed by atoms with Crippen molar-refractivity contribution in [1.29, 1.82) is 0 Å². The van der Waals surface area contributed by atoms with Crippen molar-refractivity contribution in [1.82, 2.24) is 25.0 Å². The lowest BCUT2D eigenvalue weighted by Gasteiger charge is -2.04. The number of aromatic amines is 1. The molecule has 0 spiro atoms. The maximum absolute atomic E-state index is 12.4. The number of nitrogens with one attached hydrogen (secondary N) is 2. The van der Waals surface area contributed by atoms with Gasteiger partial charge in [0.1, 0.15) is 17.3 Å². The summed E-state index contributed by atoms with van der Waals surface area (Å²) in [6.07, 6.45) is 2.64. The van der Waals surface area contributed by atoms with Crippen LogP contribution < -0.4 is 5.32 Å². The molecule has 0 aliphatic carbocycles. The van der Waals surface area contributed by atoms with Crippen LogP contribution in [0, 0.1) is 0 Å². The molecule has 124 valence electrons. The van der Waals surface area contributed by atoms with Crippen LogP contribution in [0.3, 0.4) is 0 Å². The van der Waals surface area contributed by atoms with E-state index in [1.807, 2.05) is 30.3 Å². The average molecular weight is 334 g/mol. The minimum atomic E-state index is -0.406. The summed E-state index contributed by atoms with van der Waals surface area (Å²) >= 11 is 0. The summed E-state index contributed by atoms with van der Waals surface area (Å²) in [7, 11) is 1.79. The lowest BCUT2D eigenvalue weighted by atomic mass is 10.1. The Morgan fingerprint density at radius 2 is 2.04 bits per heavy atom. The fraction of sp³-hybridized carbons (Fsp3) is 0.0588. The second-order valence-corrected chi connectivity index (χ2v) is 5.52. The molecule has 3 aromatic heterocycles. The number of aromatic nitrogens is 5. The van der Waals surface area contributed by atoms with Crippen LogP contribution >= 0.6 is 0 Å². The van der Waals surface area contributed by atoms with E-state index in [0.717, 1.165) is 16.6 Å². The largest absolute Gasteiger partial charge is 0.506 e. The van der Waals surface area contributed by atoms with Gasteiger partial charge in [-0.1, -0.05) is 30.3 Å². The van der Waals surface area contributed by atoms with Crippen molar-refractivity contribution >= 4 is 22.8 Å². The third-order valence-electron chi connectivity index (χ3n) is 3.81. The maximum atomic E-state index is 12.4. The third kappa shape index (κ3) is 2.59. The third-order valence-corrected chi connectivity index (χ3v) is 3.81. The molecule has 0 aliphatic heterocycles. The number of nitrogens with zero attached hydrogens (tertiary/aromatic N) is 4. The molecule has 0 saturated carbocycles. The Kier molecular flexibility index (Phi) is 3.42. The quantitative estimate of drug-likeness (QED) is 0.533. The molecule has 8 nitrogen and oxygen atoms in total. The Hall–Kier alpha value is -3.68. The Morgan fingerprint density at radius 1 is 1.24 bits per heavy atom. The fourth-order valence-electron chi connectivity index (χ4n) is 2.66. The van der Waals surface area contributed by atoms with Crippen LogP contribution in [0.15, 0.2) is 48.8 Å². The molecular formula is C17H14N6O2. The highest BCUT2D eigenvalue weighted by Crippen LogP contribution is 2.31. The molecule has 1 aromatic carbocycles. The zero-order valence-electron chi connectivity index (χ0n) is 13.3. The number of carbonyl (C=O) groups is 1. The van der Waals surface area contributed by atoms with E-state index in [0.29, 0.717) is 11.5 Å². The number of anilines is 1. The number of amides is 1. The van der Waals surface area contributed by atoms with Gasteiger partial charge in [-0.2, -0.15) is 10.2 Å². The molecule has 0 atom stereocenters. The summed E-state index contributed by atoms with van der Waals surface area (Å²) in [6, 6.07) is 11.0. The smallest absolute Gasteiger partial charge is 0.258 e. The molecule has 0 unspecified atom stereocenters. The lowest BCUT2D eigenvalue weighted by Crippen LogP contribution is -2.12. The Labute approximate surface area is 142 Å². The van der Waals surface area contributed by atoms with Gasteiger partial charge in [0.05, 0.1) is 17.1 Å². The van der Waals surface area contributed by atoms with Crippen LogP contribution in [0.25, 0.3) is 22.3 Å². The molecule has 1 amide bonds. The molecule has 3 N–H and O–H groups in total. The van der Waals surface area contributed by atoms with Gasteiger partial charge in [0.2, 0.25) is 0 Å². The summed E-state index contributed by atoms with van der Waals surface area (Å²) in [5, 5.41) is 24.5. The molecule has 0 fully saturated rings. The molecule has 8 heteroatoms. The van der Waals surface area contributed by atoms with E-state index in [4.69, 9.17) is 0 Å². The van der Waals surface area contributed by atoms with Gasteiger partial charge in [-0.05, 0) is 6.07 Å². The summed E-state index contributed by atoms with van der Waals surface area (Å²) in [6.45, 7) is 0. The Bertz CT molecular complexity index is 1070. The van der Waals surface area contributed by atoms with E-state index < -0.39 is 5.91 Å². The molecule has 0 saturated heterocycles. The molecule has 0 bridgehead atoms. The molecule has 25 heavy (non-hydrogen) atoms. The van der Waals surface area contributed by atoms with Gasteiger partial charge >= 0.3 is 0 Å². The van der Waals surface area contributed by atoms with Crippen molar-refractivity contribution in [3.8, 4) is 17.0 Å². The first kappa shape index (κ1) is 14.9. The van der Waals surface area contributed by atoms with Crippen molar-refractivity contribution in [2.24, 2.45) is 7.05 Å². The molecular weight excluding hydrogens is 320 g/mol. The second kappa shape index (κ2) is 5.75.